The first-order valence-electron chi connectivity index (χ1n) is 8.09. The molecule has 0 unspecified atom stereocenters. The molecule has 2 heterocycles. The Hall–Kier alpha value is -1.94. The first kappa shape index (κ1) is 15.0. The fourth-order valence-electron chi connectivity index (χ4n) is 2.99. The molecule has 1 aromatic heterocycles. The van der Waals surface area contributed by atoms with Gasteiger partial charge in [0.2, 0.25) is 0 Å². The van der Waals surface area contributed by atoms with Gasteiger partial charge in [-0.2, -0.15) is 0 Å². The molecule has 0 atom stereocenters. The number of nitrogens with zero attached hydrogens (tertiary/aromatic N) is 2. The number of aryl methyl sites for hydroxylation is 1. The molecule has 0 bridgehead atoms. The largest absolute Gasteiger partial charge is 0.351 e. The Kier molecular flexibility index (Phi) is 4.68. The molecule has 3 rings (SSSR count). The van der Waals surface area contributed by atoms with E-state index in [1.54, 1.807) is 6.20 Å². The summed E-state index contributed by atoms with van der Waals surface area (Å²) < 4.78 is 0. The van der Waals surface area contributed by atoms with Crippen molar-refractivity contribution in [3.05, 3.63) is 41.6 Å². The summed E-state index contributed by atoms with van der Waals surface area (Å²) in [6.45, 7) is 6.00. The van der Waals surface area contributed by atoms with Crippen LogP contribution in [0.1, 0.15) is 35.2 Å². The monoisotopic (exact) mass is 297 g/mol. The lowest BCUT2D eigenvalue weighted by Gasteiger charge is -2.26. The van der Waals surface area contributed by atoms with Gasteiger partial charge in [0.05, 0.1) is 11.1 Å². The lowest BCUT2D eigenvalue weighted by Crippen LogP contribution is -2.37. The highest BCUT2D eigenvalue weighted by Crippen LogP contribution is 2.15. The molecule has 1 amide bonds. The van der Waals surface area contributed by atoms with Crippen LogP contribution in [0.15, 0.2) is 30.5 Å². The Balaban J connectivity index is 1.59. The van der Waals surface area contributed by atoms with Crippen molar-refractivity contribution in [3.8, 4) is 0 Å². The molecular weight excluding hydrogens is 274 g/mol. The van der Waals surface area contributed by atoms with E-state index in [4.69, 9.17) is 0 Å². The van der Waals surface area contributed by atoms with Gasteiger partial charge in [-0.1, -0.05) is 18.1 Å². The SMILES string of the molecule is Cc1ccc2ncc(C(=O)NCCN3CCCCC3)cc2c1. The topological polar surface area (TPSA) is 45.2 Å². The number of amides is 1. The minimum Gasteiger partial charge on any atom is -0.351 e. The lowest BCUT2D eigenvalue weighted by atomic mass is 10.1. The maximum absolute atomic E-state index is 12.2. The van der Waals surface area contributed by atoms with Gasteiger partial charge in [0.25, 0.3) is 5.91 Å². The number of benzene rings is 1. The van der Waals surface area contributed by atoms with Gasteiger partial charge in [-0.15, -0.1) is 0 Å². The van der Waals surface area contributed by atoms with Crippen LogP contribution in [0.3, 0.4) is 0 Å². The number of likely N-dealkylation sites (tertiary alicyclic amines) is 1. The average Bonchev–Trinajstić information content (AvgIpc) is 2.55. The van der Waals surface area contributed by atoms with Crippen LogP contribution >= 0.6 is 0 Å². The van der Waals surface area contributed by atoms with Gasteiger partial charge in [-0.3, -0.25) is 9.78 Å². The summed E-state index contributed by atoms with van der Waals surface area (Å²) in [5.41, 5.74) is 2.74. The summed E-state index contributed by atoms with van der Waals surface area (Å²) in [5, 5.41) is 4.02. The van der Waals surface area contributed by atoms with Crippen LogP contribution in [-0.2, 0) is 0 Å². The maximum atomic E-state index is 12.2. The summed E-state index contributed by atoms with van der Waals surface area (Å²) in [4.78, 5) is 19.0. The fraction of sp³-hybridized carbons (Fsp3) is 0.444. The molecule has 0 spiro atoms. The number of aromatic nitrogens is 1. The number of pyridine rings is 1. The summed E-state index contributed by atoms with van der Waals surface area (Å²) in [5.74, 6) is -0.0343. The van der Waals surface area contributed by atoms with Crippen LogP contribution in [0.4, 0.5) is 0 Å². The van der Waals surface area contributed by atoms with Gasteiger partial charge < -0.3 is 10.2 Å². The summed E-state index contributed by atoms with van der Waals surface area (Å²) in [6.07, 6.45) is 5.56. The first-order valence-corrected chi connectivity index (χ1v) is 8.09. The molecule has 2 aromatic rings. The fourth-order valence-corrected chi connectivity index (χ4v) is 2.99. The zero-order valence-corrected chi connectivity index (χ0v) is 13.1. The Morgan fingerprint density at radius 2 is 2.05 bits per heavy atom. The molecule has 1 aliphatic rings. The molecular formula is C18H23N3O. The van der Waals surface area contributed by atoms with E-state index < -0.39 is 0 Å². The molecule has 0 aliphatic carbocycles. The molecule has 4 nitrogen and oxygen atoms in total. The zero-order chi connectivity index (χ0) is 15.4. The number of hydrogen-bond donors (Lipinski definition) is 1. The van der Waals surface area contributed by atoms with Gasteiger partial charge in [-0.25, -0.2) is 0 Å². The number of rotatable bonds is 4. The van der Waals surface area contributed by atoms with Crippen LogP contribution < -0.4 is 5.32 Å². The van der Waals surface area contributed by atoms with Crippen LogP contribution in [-0.4, -0.2) is 42.0 Å². The van der Waals surface area contributed by atoms with Gasteiger partial charge >= 0.3 is 0 Å². The van der Waals surface area contributed by atoms with Crippen molar-refractivity contribution in [3.63, 3.8) is 0 Å². The van der Waals surface area contributed by atoms with E-state index in [-0.39, 0.29) is 5.91 Å². The van der Waals surface area contributed by atoms with E-state index >= 15 is 0 Å². The summed E-state index contributed by atoms with van der Waals surface area (Å²) >= 11 is 0. The van der Waals surface area contributed by atoms with Crippen LogP contribution in [0.25, 0.3) is 10.9 Å². The quantitative estimate of drug-likeness (QED) is 0.944. The highest BCUT2D eigenvalue weighted by Gasteiger charge is 2.11. The molecule has 0 saturated carbocycles. The highest BCUT2D eigenvalue weighted by molar-refractivity contribution is 5.97. The molecule has 1 aromatic carbocycles. The molecule has 1 N–H and O–H groups in total. The number of fused-ring (bicyclic) bond motifs is 1. The number of carbonyl (C=O) groups excluding carboxylic acids is 1. The van der Waals surface area contributed by atoms with Crippen molar-refractivity contribution in [1.29, 1.82) is 0 Å². The maximum Gasteiger partial charge on any atom is 0.252 e. The van der Waals surface area contributed by atoms with Crippen LogP contribution in [0.2, 0.25) is 0 Å². The van der Waals surface area contributed by atoms with Crippen molar-refractivity contribution in [2.45, 2.75) is 26.2 Å². The molecule has 4 heteroatoms. The third-order valence-electron chi connectivity index (χ3n) is 4.26. The van der Waals surface area contributed by atoms with E-state index in [1.807, 2.05) is 25.1 Å². The molecule has 1 saturated heterocycles. The molecule has 0 radical (unpaired) electrons. The third kappa shape index (κ3) is 3.63. The normalized spacial score (nSPS) is 15.9. The number of piperidine rings is 1. The Morgan fingerprint density at radius 1 is 1.23 bits per heavy atom. The molecule has 1 fully saturated rings. The number of hydrogen-bond acceptors (Lipinski definition) is 3. The van der Waals surface area contributed by atoms with Crippen LogP contribution in [0, 0.1) is 6.92 Å². The molecule has 22 heavy (non-hydrogen) atoms. The minimum absolute atomic E-state index is 0.0343. The van der Waals surface area contributed by atoms with Crippen molar-refractivity contribution in [1.82, 2.24) is 15.2 Å². The summed E-state index contributed by atoms with van der Waals surface area (Å²) in [6, 6.07) is 8.01. The minimum atomic E-state index is -0.0343. The van der Waals surface area contributed by atoms with Gasteiger partial charge in [0, 0.05) is 24.7 Å². The second-order valence-electron chi connectivity index (χ2n) is 6.08. The summed E-state index contributed by atoms with van der Waals surface area (Å²) in [7, 11) is 0. The highest BCUT2D eigenvalue weighted by atomic mass is 16.1. The van der Waals surface area contributed by atoms with E-state index in [9.17, 15) is 4.79 Å². The van der Waals surface area contributed by atoms with Crippen LogP contribution in [0.5, 0.6) is 0 Å². The van der Waals surface area contributed by atoms with E-state index in [2.05, 4.69) is 21.3 Å². The van der Waals surface area contributed by atoms with E-state index in [0.29, 0.717) is 12.1 Å². The first-order chi connectivity index (χ1) is 10.7. The number of carbonyl (C=O) groups is 1. The second kappa shape index (κ2) is 6.88. The average molecular weight is 297 g/mol. The zero-order valence-electron chi connectivity index (χ0n) is 13.1. The predicted molar refractivity (Wildman–Crippen MR) is 89.1 cm³/mol. The van der Waals surface area contributed by atoms with Crippen molar-refractivity contribution >= 4 is 16.8 Å². The van der Waals surface area contributed by atoms with E-state index in [1.165, 1.54) is 24.8 Å². The second-order valence-corrected chi connectivity index (χ2v) is 6.08. The third-order valence-corrected chi connectivity index (χ3v) is 4.26. The Bertz CT molecular complexity index is 662. The van der Waals surface area contributed by atoms with Gasteiger partial charge in [0.15, 0.2) is 0 Å². The van der Waals surface area contributed by atoms with Crippen molar-refractivity contribution in [2.24, 2.45) is 0 Å². The van der Waals surface area contributed by atoms with Crippen molar-refractivity contribution in [2.75, 3.05) is 26.2 Å². The van der Waals surface area contributed by atoms with E-state index in [0.717, 1.165) is 30.5 Å². The number of nitrogens with one attached hydrogen (secondary N) is 1. The van der Waals surface area contributed by atoms with Gasteiger partial charge in [-0.05, 0) is 51.1 Å². The standard InChI is InChI=1S/C18H23N3O/c1-14-5-6-17-15(11-14)12-16(13-20-17)18(22)19-7-10-21-8-3-2-4-9-21/h5-6,11-13H,2-4,7-10H2,1H3,(H,19,22). The smallest absolute Gasteiger partial charge is 0.252 e. The van der Waals surface area contributed by atoms with Gasteiger partial charge in [0.1, 0.15) is 0 Å². The Morgan fingerprint density at radius 3 is 2.86 bits per heavy atom. The lowest BCUT2D eigenvalue weighted by molar-refractivity contribution is 0.0946. The van der Waals surface area contributed by atoms with Crippen molar-refractivity contribution < 1.29 is 4.79 Å². The molecule has 116 valence electrons. The predicted octanol–water partition coefficient (Wildman–Crippen LogP) is 2.76. The Labute approximate surface area is 131 Å². The molecule has 1 aliphatic heterocycles.